The van der Waals surface area contributed by atoms with E-state index in [-0.39, 0.29) is 10.6 Å². The van der Waals surface area contributed by atoms with E-state index in [2.05, 4.69) is 23.2 Å². The van der Waals surface area contributed by atoms with E-state index in [4.69, 9.17) is 0 Å². The third kappa shape index (κ3) is 7.95. The van der Waals surface area contributed by atoms with Crippen molar-refractivity contribution in [1.82, 2.24) is 0 Å². The summed E-state index contributed by atoms with van der Waals surface area (Å²) in [6.45, 7) is 0. The molecule has 1 aromatic carbocycles. The van der Waals surface area contributed by atoms with Gasteiger partial charge in [-0.3, -0.25) is 19.7 Å². The molecular weight excluding hydrogens is 1070 g/mol. The second-order valence-electron chi connectivity index (χ2n) is 11.9. The first-order valence-electron chi connectivity index (χ1n) is 14.2. The molecule has 378 valence electrons. The van der Waals surface area contributed by atoms with Crippen molar-refractivity contribution in [3.8, 4) is 0 Å². The molecule has 0 heterocycles. The van der Waals surface area contributed by atoms with Crippen LogP contribution in [-0.2, 0) is 9.59 Å². The average Bonchev–Trinajstić information content (AvgIpc) is 3.09. The number of nitrogens with one attached hydrogen (secondary N) is 2. The zero-order chi connectivity index (χ0) is 53.0. The maximum absolute atomic E-state index is 14.4. The van der Waals surface area contributed by atoms with Gasteiger partial charge in [0.05, 0.1) is 4.92 Å². The van der Waals surface area contributed by atoms with E-state index in [9.17, 15) is 160 Å². The molecule has 0 unspecified atom stereocenters. The zero-order valence-electron chi connectivity index (χ0n) is 28.2. The standard InChI is InChI=1S/C24H5Cl2F32N3O4/c25-23(55,56)21(51,52)19(47,48)17(43,44)15(39,40)13(35,36)11(31,32)9(27,28)7(62)59-4-1-2-6(61(64)65)5(3-4)60-8(63)10(29,30)12(33,34)14(37,38)16(41,42)18(45,46)20(49,50)22(53,54)24(26,57)58/h1-3H,(H,59,62)(H,60,63). The van der Waals surface area contributed by atoms with Crippen LogP contribution in [-0.4, -0.2) is 110 Å². The number of nitro benzene ring substituents is 1. The number of carbonyl (C=O) groups excluding carboxylic acids is 2. The Bertz CT molecular complexity index is 2010. The number of alkyl halides is 34. The van der Waals surface area contributed by atoms with Crippen molar-refractivity contribution in [2.24, 2.45) is 0 Å². The Labute approximate surface area is 340 Å². The molecule has 65 heavy (non-hydrogen) atoms. The highest BCUT2D eigenvalue weighted by atomic mass is 35.5. The Morgan fingerprint density at radius 3 is 0.877 bits per heavy atom. The van der Waals surface area contributed by atoms with E-state index in [1.165, 1.54) is 0 Å². The Kier molecular flexibility index (Phi) is 14.3. The van der Waals surface area contributed by atoms with Crippen molar-refractivity contribution < 1.29 is 155 Å². The topological polar surface area (TPSA) is 101 Å². The first-order chi connectivity index (χ1) is 27.8. The van der Waals surface area contributed by atoms with Crippen LogP contribution in [0.3, 0.4) is 0 Å². The minimum Gasteiger partial charge on any atom is -0.321 e. The van der Waals surface area contributed by atoms with Gasteiger partial charge < -0.3 is 10.6 Å². The molecule has 1 aromatic rings. The number of hydrogen-bond donors (Lipinski definition) is 2. The number of benzene rings is 1. The van der Waals surface area contributed by atoms with Gasteiger partial charge in [0.25, 0.3) is 5.69 Å². The van der Waals surface area contributed by atoms with E-state index < -0.39 is 146 Å². The molecule has 7 nitrogen and oxygen atoms in total. The Hall–Kier alpha value is -4.10. The van der Waals surface area contributed by atoms with Crippen LogP contribution >= 0.6 is 23.2 Å². The molecule has 0 atom stereocenters. The zero-order valence-corrected chi connectivity index (χ0v) is 29.7. The third-order valence-electron chi connectivity index (χ3n) is 7.71. The summed E-state index contributed by atoms with van der Waals surface area (Å²) in [7, 11) is 0. The van der Waals surface area contributed by atoms with Crippen molar-refractivity contribution in [2.75, 3.05) is 10.6 Å². The summed E-state index contributed by atoms with van der Waals surface area (Å²) >= 11 is 6.65. The van der Waals surface area contributed by atoms with Crippen LogP contribution in [0.1, 0.15) is 0 Å². The summed E-state index contributed by atoms with van der Waals surface area (Å²) in [6.07, 6.45) is 0. The van der Waals surface area contributed by atoms with Gasteiger partial charge in [-0.1, -0.05) is 0 Å². The monoisotopic (exact) mass is 1080 g/mol. The number of amides is 2. The lowest BCUT2D eigenvalue weighted by molar-refractivity contribution is -0.445. The van der Waals surface area contributed by atoms with Crippen molar-refractivity contribution in [1.29, 1.82) is 0 Å². The number of halogens is 34. The van der Waals surface area contributed by atoms with Crippen molar-refractivity contribution in [2.45, 2.75) is 93.7 Å². The maximum atomic E-state index is 14.4. The largest absolute Gasteiger partial charge is 0.393 e. The molecule has 0 aliphatic rings. The quantitative estimate of drug-likeness (QED) is 0.0624. The van der Waals surface area contributed by atoms with Crippen LogP contribution < -0.4 is 10.6 Å². The van der Waals surface area contributed by atoms with Gasteiger partial charge >= 0.3 is 105 Å². The molecule has 0 aliphatic heterocycles. The van der Waals surface area contributed by atoms with Gasteiger partial charge in [-0.2, -0.15) is 140 Å². The fraction of sp³-hybridized carbons (Fsp3) is 0.667. The number of nitrogens with zero attached hydrogens (tertiary/aromatic N) is 1. The van der Waals surface area contributed by atoms with Crippen LogP contribution in [0.4, 0.5) is 158 Å². The summed E-state index contributed by atoms with van der Waals surface area (Å²) in [5, 5.41) is -3.52. The Morgan fingerprint density at radius 2 is 0.631 bits per heavy atom. The van der Waals surface area contributed by atoms with Crippen molar-refractivity contribution >= 4 is 52.1 Å². The lowest BCUT2D eigenvalue weighted by Crippen LogP contribution is -2.75. The number of nitro groups is 1. The molecule has 0 aromatic heterocycles. The molecule has 0 radical (unpaired) electrons. The van der Waals surface area contributed by atoms with Gasteiger partial charge in [0.1, 0.15) is 5.69 Å². The maximum Gasteiger partial charge on any atom is 0.393 e. The predicted molar refractivity (Wildman–Crippen MR) is 141 cm³/mol. The fourth-order valence-electron chi connectivity index (χ4n) is 3.90. The number of rotatable bonds is 19. The lowest BCUT2D eigenvalue weighted by Gasteiger charge is -2.42. The summed E-state index contributed by atoms with van der Waals surface area (Å²) in [6, 6.07) is -2.30. The van der Waals surface area contributed by atoms with Gasteiger partial charge in [-0.05, 0) is 35.3 Å². The second-order valence-corrected chi connectivity index (χ2v) is 12.9. The molecule has 0 bridgehead atoms. The molecule has 0 saturated heterocycles. The normalized spacial score (nSPS) is 15.8. The molecule has 2 amide bonds. The molecule has 1 rings (SSSR count). The summed E-state index contributed by atoms with van der Waals surface area (Å²) < 4.78 is 439. The third-order valence-corrected chi connectivity index (χ3v) is 8.19. The van der Waals surface area contributed by atoms with Crippen LogP contribution in [0.25, 0.3) is 0 Å². The van der Waals surface area contributed by atoms with Crippen LogP contribution in [0.15, 0.2) is 18.2 Å². The van der Waals surface area contributed by atoms with Crippen molar-refractivity contribution in [3.63, 3.8) is 0 Å². The molecule has 41 heteroatoms. The van der Waals surface area contributed by atoms with E-state index in [1.54, 1.807) is 0 Å². The summed E-state index contributed by atoms with van der Waals surface area (Å²) in [5.74, 6) is -132. The van der Waals surface area contributed by atoms with Crippen LogP contribution in [0.2, 0.25) is 0 Å². The number of hydrogen-bond acceptors (Lipinski definition) is 4. The van der Waals surface area contributed by atoms with Gasteiger partial charge in [0.2, 0.25) is 0 Å². The van der Waals surface area contributed by atoms with Gasteiger partial charge in [-0.25, -0.2) is 0 Å². The minimum atomic E-state index is -9.22. The highest BCUT2D eigenvalue weighted by Gasteiger charge is 2.97. The molecular formula is C24H5Cl2F32N3O4. The van der Waals surface area contributed by atoms with Gasteiger partial charge in [0.15, 0.2) is 0 Å². The number of anilines is 2. The molecule has 0 spiro atoms. The van der Waals surface area contributed by atoms with Crippen molar-refractivity contribution in [3.05, 3.63) is 28.3 Å². The van der Waals surface area contributed by atoms with Gasteiger partial charge in [-0.15, -0.1) is 0 Å². The number of carbonyl (C=O) groups is 2. The highest BCUT2D eigenvalue weighted by Crippen LogP contribution is 2.66. The molecule has 0 aliphatic carbocycles. The summed E-state index contributed by atoms with van der Waals surface area (Å²) in [5.41, 5.74) is -7.41. The minimum absolute atomic E-state index is 0.0552. The van der Waals surface area contributed by atoms with E-state index in [0.29, 0.717) is 0 Å². The van der Waals surface area contributed by atoms with E-state index in [0.717, 1.165) is 0 Å². The smallest absolute Gasteiger partial charge is 0.321 e. The Balaban J connectivity index is 3.83. The fourth-order valence-corrected chi connectivity index (χ4v) is 4.13. The first-order valence-corrected chi connectivity index (χ1v) is 14.9. The SMILES string of the molecule is O=C(Nc1ccc([N+](=O)[O-])c(NC(=O)C(F)(F)C(F)(F)C(F)(F)C(F)(F)C(F)(F)C(F)(F)C(F)(F)C(F)(F)Cl)c1)C(F)(F)C(F)(F)C(F)(F)C(F)(F)C(F)(F)C(F)(F)C(F)(F)C(F)(F)Cl. The first kappa shape index (κ1) is 58.9. The van der Waals surface area contributed by atoms with Gasteiger partial charge in [0, 0.05) is 11.8 Å². The summed E-state index contributed by atoms with van der Waals surface area (Å²) in [4.78, 5) is 32.6. The lowest BCUT2D eigenvalue weighted by atomic mass is 9.89. The van der Waals surface area contributed by atoms with Crippen LogP contribution in [0.5, 0.6) is 0 Å². The van der Waals surface area contributed by atoms with Crippen LogP contribution in [0, 0.1) is 10.1 Å². The predicted octanol–water partition coefficient (Wildman–Crippen LogP) is 12.0. The Morgan fingerprint density at radius 1 is 0.400 bits per heavy atom. The van der Waals surface area contributed by atoms with E-state index in [1.807, 2.05) is 0 Å². The molecule has 2 N–H and O–H groups in total. The molecule has 0 fully saturated rings. The second kappa shape index (κ2) is 15.7. The average molecular weight is 1080 g/mol. The molecule has 0 saturated carbocycles. The van der Waals surface area contributed by atoms with E-state index >= 15 is 0 Å². The highest BCUT2D eigenvalue weighted by molar-refractivity contribution is 6.22.